The van der Waals surface area contributed by atoms with Gasteiger partial charge in [0.15, 0.2) is 0 Å². The molecule has 4 rings (SSSR count). The molecule has 2 aromatic rings. The lowest BCUT2D eigenvalue weighted by Gasteiger charge is -2.43. The fourth-order valence-corrected chi connectivity index (χ4v) is 10.0. The molecule has 3 nitrogen and oxygen atoms in total. The molecule has 3 atom stereocenters. The predicted molar refractivity (Wildman–Crippen MR) is 126 cm³/mol. The number of rotatable bonds is 6. The molecular weight excluding hydrogens is 386 g/mol. The van der Waals surface area contributed by atoms with Crippen molar-refractivity contribution in [3.63, 3.8) is 0 Å². The van der Waals surface area contributed by atoms with Crippen LogP contribution in [0.5, 0.6) is 0 Å². The highest BCUT2D eigenvalue weighted by atomic mass is 28.4. The van der Waals surface area contributed by atoms with E-state index in [2.05, 4.69) is 86.3 Å². The Morgan fingerprint density at radius 3 is 2.03 bits per heavy atom. The van der Waals surface area contributed by atoms with Gasteiger partial charge < -0.3 is 9.33 Å². The number of likely N-dealkylation sites (tertiary alicyclic amines) is 1. The van der Waals surface area contributed by atoms with Gasteiger partial charge >= 0.3 is 0 Å². The minimum atomic E-state index is -2.49. The molecule has 2 aromatic carbocycles. The van der Waals surface area contributed by atoms with Gasteiger partial charge in [0.2, 0.25) is 5.91 Å². The van der Waals surface area contributed by atoms with E-state index in [1.165, 1.54) is 16.8 Å². The molecule has 1 heterocycles. The van der Waals surface area contributed by atoms with Crippen molar-refractivity contribution < 1.29 is 9.22 Å². The fraction of sp³-hybridized carbons (Fsp3) is 0.500. The smallest absolute Gasteiger partial charge is 0.261 e. The first-order valence-electron chi connectivity index (χ1n) is 11.3. The van der Waals surface area contributed by atoms with E-state index in [1.807, 2.05) is 0 Å². The number of amides is 1. The summed E-state index contributed by atoms with van der Waals surface area (Å²) in [6.45, 7) is 10.3. The Bertz CT molecular complexity index is 822. The number of hydrogen-bond donors (Lipinski definition) is 0. The summed E-state index contributed by atoms with van der Waals surface area (Å²) in [5.74, 6) is 1.80. The van der Waals surface area contributed by atoms with Crippen LogP contribution in [0.25, 0.3) is 0 Å². The molecule has 1 aliphatic heterocycles. The van der Waals surface area contributed by atoms with Crippen LogP contribution in [0.1, 0.15) is 47.0 Å². The molecule has 1 aliphatic carbocycles. The monoisotopic (exact) mass is 421 g/mol. The van der Waals surface area contributed by atoms with Gasteiger partial charge in [-0.05, 0) is 46.5 Å². The van der Waals surface area contributed by atoms with E-state index < -0.39 is 8.32 Å². The molecule has 0 N–H and O–H groups in total. The molecule has 30 heavy (non-hydrogen) atoms. The number of benzene rings is 2. The minimum Gasteiger partial charge on any atom is -0.407 e. The Labute approximate surface area is 182 Å². The fourth-order valence-electron chi connectivity index (χ4n) is 5.47. The van der Waals surface area contributed by atoms with Gasteiger partial charge in [-0.2, -0.15) is 0 Å². The lowest BCUT2D eigenvalue weighted by atomic mass is 9.99. The molecule has 4 heteroatoms. The lowest BCUT2D eigenvalue weighted by molar-refractivity contribution is -0.132. The van der Waals surface area contributed by atoms with Crippen molar-refractivity contribution in [2.24, 2.45) is 11.8 Å². The maximum Gasteiger partial charge on any atom is 0.261 e. The molecule has 0 aromatic heterocycles. The number of carbonyl (C=O) groups excluding carboxylic acids is 1. The van der Waals surface area contributed by atoms with Crippen LogP contribution in [-0.2, 0) is 9.22 Å². The van der Waals surface area contributed by atoms with Crippen LogP contribution in [0.4, 0.5) is 0 Å². The van der Waals surface area contributed by atoms with Gasteiger partial charge in [0.25, 0.3) is 8.32 Å². The Morgan fingerprint density at radius 1 is 0.967 bits per heavy atom. The third-order valence-electron chi connectivity index (χ3n) is 7.11. The second-order valence-corrected chi connectivity index (χ2v) is 14.4. The maximum absolute atomic E-state index is 12.2. The second-order valence-electron chi connectivity index (χ2n) is 10.1. The summed E-state index contributed by atoms with van der Waals surface area (Å²) < 4.78 is 7.05. The van der Waals surface area contributed by atoms with E-state index in [1.54, 1.807) is 6.92 Å². The first-order chi connectivity index (χ1) is 14.3. The minimum absolute atomic E-state index is 0.00980. The van der Waals surface area contributed by atoms with Crippen molar-refractivity contribution in [2.75, 3.05) is 13.2 Å². The molecule has 0 spiro atoms. The Kier molecular flexibility index (Phi) is 5.91. The maximum atomic E-state index is 12.2. The summed E-state index contributed by atoms with van der Waals surface area (Å²) in [5, 5.41) is 2.63. The molecule has 160 valence electrons. The molecule has 0 radical (unpaired) electrons. The van der Waals surface area contributed by atoms with Gasteiger partial charge in [0.1, 0.15) is 0 Å². The summed E-state index contributed by atoms with van der Waals surface area (Å²) in [4.78, 5) is 14.3. The normalized spacial score (nSPS) is 23.7. The quantitative estimate of drug-likeness (QED) is 0.654. The summed E-state index contributed by atoms with van der Waals surface area (Å²) in [5.41, 5.74) is 0. The topological polar surface area (TPSA) is 29.5 Å². The zero-order valence-corrected chi connectivity index (χ0v) is 19.8. The van der Waals surface area contributed by atoms with E-state index >= 15 is 0 Å². The largest absolute Gasteiger partial charge is 0.407 e. The van der Waals surface area contributed by atoms with E-state index in [0.29, 0.717) is 12.6 Å². The highest BCUT2D eigenvalue weighted by Gasteiger charge is 2.51. The second kappa shape index (κ2) is 8.31. The Balaban J connectivity index is 1.61. The summed E-state index contributed by atoms with van der Waals surface area (Å²) in [7, 11) is -2.49. The van der Waals surface area contributed by atoms with Gasteiger partial charge in [-0.25, -0.2) is 0 Å². The molecular formula is C26H35NO2Si. The molecule has 0 bridgehead atoms. The average Bonchev–Trinajstić information content (AvgIpc) is 3.49. The first kappa shape index (κ1) is 21.3. The van der Waals surface area contributed by atoms with Crippen LogP contribution in [0, 0.1) is 11.8 Å². The van der Waals surface area contributed by atoms with E-state index in [0.717, 1.165) is 31.2 Å². The molecule has 0 unspecified atom stereocenters. The van der Waals surface area contributed by atoms with Crippen molar-refractivity contribution in [1.29, 1.82) is 0 Å². The number of carbonyl (C=O) groups is 1. The first-order valence-corrected chi connectivity index (χ1v) is 13.3. The number of nitrogens with zero attached hydrogens (tertiary/aromatic N) is 1. The van der Waals surface area contributed by atoms with Crippen molar-refractivity contribution in [1.82, 2.24) is 4.90 Å². The van der Waals surface area contributed by atoms with Crippen LogP contribution >= 0.6 is 0 Å². The molecule has 2 aliphatic rings. The number of piperidine rings is 1. The van der Waals surface area contributed by atoms with Gasteiger partial charge in [-0.15, -0.1) is 0 Å². The van der Waals surface area contributed by atoms with Crippen molar-refractivity contribution >= 4 is 24.6 Å². The van der Waals surface area contributed by atoms with Crippen molar-refractivity contribution in [3.8, 4) is 0 Å². The van der Waals surface area contributed by atoms with Crippen LogP contribution in [0.3, 0.4) is 0 Å². The standard InChI is InChI=1S/C26H35NO2Si/c1-20(28)27-19-22-17-21(22)18-23(27)15-16-29-30(26(2,3)4,24-11-7-5-8-12-24)25-13-9-6-10-14-25/h5-14,21-23H,15-19H2,1-4H3/t21-,22+,23-/m1/s1. The van der Waals surface area contributed by atoms with Crippen LogP contribution < -0.4 is 10.4 Å². The van der Waals surface area contributed by atoms with E-state index in [4.69, 9.17) is 4.43 Å². The SMILES string of the molecule is CC(=O)N1C[C@@H]2C[C@@H]2C[C@H]1CCO[Si](c1ccccc1)(c1ccccc1)C(C)(C)C. The zero-order valence-electron chi connectivity index (χ0n) is 18.8. The Hall–Kier alpha value is -1.91. The van der Waals surface area contributed by atoms with E-state index in [9.17, 15) is 4.79 Å². The third kappa shape index (κ3) is 4.00. The van der Waals surface area contributed by atoms with Gasteiger partial charge in [-0.1, -0.05) is 81.4 Å². The lowest BCUT2D eigenvalue weighted by Crippen LogP contribution is -2.66. The van der Waals surface area contributed by atoms with Crippen LogP contribution in [0.15, 0.2) is 60.7 Å². The summed E-state index contributed by atoms with van der Waals surface area (Å²) in [6, 6.07) is 21.9. The van der Waals surface area contributed by atoms with Crippen LogP contribution in [0.2, 0.25) is 5.04 Å². The predicted octanol–water partition coefficient (Wildman–Crippen LogP) is 4.21. The molecule has 1 amide bonds. The van der Waals surface area contributed by atoms with Crippen LogP contribution in [-0.4, -0.2) is 38.3 Å². The molecule has 2 fully saturated rings. The molecule has 1 saturated carbocycles. The van der Waals surface area contributed by atoms with Crippen molar-refractivity contribution in [2.45, 2.75) is 58.0 Å². The summed E-state index contributed by atoms with van der Waals surface area (Å²) in [6.07, 6.45) is 3.37. The third-order valence-corrected chi connectivity index (χ3v) is 12.1. The van der Waals surface area contributed by atoms with E-state index in [-0.39, 0.29) is 10.9 Å². The zero-order chi connectivity index (χ0) is 21.4. The Morgan fingerprint density at radius 2 is 1.53 bits per heavy atom. The van der Waals surface area contributed by atoms with Crippen molar-refractivity contribution in [3.05, 3.63) is 60.7 Å². The number of hydrogen-bond acceptors (Lipinski definition) is 2. The van der Waals surface area contributed by atoms with Gasteiger partial charge in [0.05, 0.1) is 0 Å². The van der Waals surface area contributed by atoms with Gasteiger partial charge in [0, 0.05) is 26.1 Å². The highest BCUT2D eigenvalue weighted by molar-refractivity contribution is 6.99. The highest BCUT2D eigenvalue weighted by Crippen LogP contribution is 2.47. The molecule has 1 saturated heterocycles. The number of fused-ring (bicyclic) bond motifs is 1. The summed E-state index contributed by atoms with van der Waals surface area (Å²) >= 11 is 0. The van der Waals surface area contributed by atoms with Gasteiger partial charge in [-0.3, -0.25) is 4.79 Å². The average molecular weight is 422 g/mol.